The van der Waals surface area contributed by atoms with E-state index >= 15 is 0 Å². The zero-order valence-electron chi connectivity index (χ0n) is 12.0. The van der Waals surface area contributed by atoms with Crippen LogP contribution in [-0.2, 0) is 14.9 Å². The van der Waals surface area contributed by atoms with E-state index in [1.165, 1.54) is 14.0 Å². The van der Waals surface area contributed by atoms with Crippen LogP contribution in [0, 0.1) is 5.21 Å². The average molecular weight is 346 g/mol. The Labute approximate surface area is 130 Å². The summed E-state index contributed by atoms with van der Waals surface area (Å²) in [6.45, 7) is 1.18. The number of carbonyl (C=O) groups excluding carboxylic acids is 1. The first-order valence-electron chi connectivity index (χ1n) is 5.96. The number of rotatable bonds is 5. The number of benzene rings is 1. The van der Waals surface area contributed by atoms with Gasteiger partial charge in [-0.2, -0.15) is 13.6 Å². The number of aliphatic hydroxyl groups excluding tert-OH is 1. The molecule has 5 N–H and O–H groups in total. The Kier molecular flexibility index (Phi) is 5.89. The molecule has 1 rings (SSSR count). The Morgan fingerprint density at radius 2 is 2.00 bits per heavy atom. The van der Waals surface area contributed by atoms with Gasteiger partial charge in [-0.05, 0) is 19.1 Å². The molecule has 0 fully saturated rings. The van der Waals surface area contributed by atoms with E-state index in [1.54, 1.807) is 0 Å². The van der Waals surface area contributed by atoms with Gasteiger partial charge in [-0.1, -0.05) is 0 Å². The first-order chi connectivity index (χ1) is 10.6. The van der Waals surface area contributed by atoms with Crippen LogP contribution in [0.3, 0.4) is 0 Å². The molecule has 0 aliphatic heterocycles. The third kappa shape index (κ3) is 4.80. The van der Waals surface area contributed by atoms with Crippen LogP contribution in [0.4, 0.5) is 11.4 Å². The van der Waals surface area contributed by atoms with Crippen molar-refractivity contribution in [2.45, 2.75) is 11.8 Å². The number of hydrogen-bond acceptors (Lipinski definition) is 8. The standard InChI is InChI=1S/C11H14N4O7S/c1-6(16)10(11(17)12-2)14-13-8-4-3-7(23(20,21)22)5-9(8)15(18)19/h3-5,15-16,18H,1-2H3,(H,12,17)(H,20,21,22). The number of likely N-dealkylation sites (N-methyl/N-ethyl adjacent to an activating group) is 1. The van der Waals surface area contributed by atoms with Crippen LogP contribution in [0.25, 0.3) is 0 Å². The van der Waals surface area contributed by atoms with Crippen LogP contribution in [-0.4, -0.2) is 36.2 Å². The smallest absolute Gasteiger partial charge is 0.294 e. The zero-order chi connectivity index (χ0) is 17.8. The van der Waals surface area contributed by atoms with Crippen LogP contribution < -0.4 is 10.5 Å². The highest BCUT2D eigenvalue weighted by molar-refractivity contribution is 7.85. The molecule has 0 saturated heterocycles. The number of aliphatic hydroxyl groups is 1. The maximum absolute atomic E-state index is 11.5. The highest BCUT2D eigenvalue weighted by atomic mass is 32.2. The topological polar surface area (TPSA) is 176 Å². The minimum atomic E-state index is -4.59. The van der Waals surface area contributed by atoms with E-state index in [0.29, 0.717) is 6.07 Å². The third-order valence-electron chi connectivity index (χ3n) is 2.54. The van der Waals surface area contributed by atoms with Gasteiger partial charge in [0, 0.05) is 13.1 Å². The van der Waals surface area contributed by atoms with Crippen LogP contribution in [0.5, 0.6) is 0 Å². The number of amides is 1. The van der Waals surface area contributed by atoms with Crippen LogP contribution in [0.15, 0.2) is 44.8 Å². The molecule has 1 amide bonds. The normalized spacial score (nSPS) is 14.5. The van der Waals surface area contributed by atoms with Gasteiger partial charge in [0.1, 0.15) is 16.3 Å². The Morgan fingerprint density at radius 1 is 1.39 bits per heavy atom. The molecule has 0 saturated carbocycles. The van der Waals surface area contributed by atoms with E-state index in [2.05, 4.69) is 15.5 Å². The van der Waals surface area contributed by atoms with Gasteiger partial charge in [-0.3, -0.25) is 9.35 Å². The minimum Gasteiger partial charge on any atom is -0.595 e. The summed E-state index contributed by atoms with van der Waals surface area (Å²) in [5.74, 6) is -1.19. The summed E-state index contributed by atoms with van der Waals surface area (Å²) in [6, 6.07) is 2.61. The Balaban J connectivity index is 3.36. The molecule has 126 valence electrons. The summed E-state index contributed by atoms with van der Waals surface area (Å²) in [5, 5.41) is 37.3. The van der Waals surface area contributed by atoms with Gasteiger partial charge in [0.05, 0.1) is 0 Å². The van der Waals surface area contributed by atoms with Crippen molar-refractivity contribution >= 4 is 27.4 Å². The molecule has 23 heavy (non-hydrogen) atoms. The minimum absolute atomic E-state index is 0.271. The van der Waals surface area contributed by atoms with E-state index < -0.39 is 43.3 Å². The summed E-state index contributed by atoms with van der Waals surface area (Å²) in [7, 11) is -3.29. The van der Waals surface area contributed by atoms with Gasteiger partial charge in [-0.25, -0.2) is 5.21 Å². The maximum Gasteiger partial charge on any atom is 0.294 e. The second-order valence-corrected chi connectivity index (χ2v) is 5.59. The third-order valence-corrected chi connectivity index (χ3v) is 3.39. The van der Waals surface area contributed by atoms with Gasteiger partial charge in [-0.15, -0.1) is 10.2 Å². The van der Waals surface area contributed by atoms with Crippen LogP contribution in [0.2, 0.25) is 0 Å². The number of nitrogens with one attached hydrogen (secondary N) is 2. The Hall–Kier alpha value is -2.38. The fraction of sp³-hybridized carbons (Fsp3) is 0.182. The summed E-state index contributed by atoms with van der Waals surface area (Å²) < 4.78 is 30.9. The predicted molar refractivity (Wildman–Crippen MR) is 75.9 cm³/mol. The molecule has 0 aromatic heterocycles. The lowest BCUT2D eigenvalue weighted by molar-refractivity contribution is -0.991. The van der Waals surface area contributed by atoms with Crippen LogP contribution in [0.1, 0.15) is 6.92 Å². The van der Waals surface area contributed by atoms with Crippen molar-refractivity contribution in [2.75, 3.05) is 7.05 Å². The number of nitrogens with zero attached hydrogens (tertiary/aromatic N) is 2. The first kappa shape index (κ1) is 18.7. The van der Waals surface area contributed by atoms with E-state index in [1.807, 2.05) is 0 Å². The molecule has 0 aliphatic rings. The van der Waals surface area contributed by atoms with E-state index in [-0.39, 0.29) is 5.69 Å². The molecule has 0 heterocycles. The van der Waals surface area contributed by atoms with Gasteiger partial charge in [0.2, 0.25) is 0 Å². The van der Waals surface area contributed by atoms with Crippen molar-refractivity contribution in [3.05, 3.63) is 34.9 Å². The monoisotopic (exact) mass is 346 g/mol. The Bertz CT molecular complexity index is 767. The molecule has 0 spiro atoms. The highest BCUT2D eigenvalue weighted by Gasteiger charge is 2.18. The molecule has 1 atom stereocenters. The average Bonchev–Trinajstić information content (AvgIpc) is 2.45. The van der Waals surface area contributed by atoms with Gasteiger partial charge in [0.15, 0.2) is 11.4 Å². The van der Waals surface area contributed by atoms with Gasteiger partial charge in [0.25, 0.3) is 16.0 Å². The fourth-order valence-electron chi connectivity index (χ4n) is 1.44. The second kappa shape index (κ2) is 7.26. The van der Waals surface area contributed by atoms with Crippen molar-refractivity contribution in [2.24, 2.45) is 10.2 Å². The summed E-state index contributed by atoms with van der Waals surface area (Å²) >= 11 is 0. The molecule has 0 aliphatic carbocycles. The fourth-order valence-corrected chi connectivity index (χ4v) is 1.95. The maximum atomic E-state index is 11.5. The molecule has 12 heteroatoms. The Morgan fingerprint density at radius 3 is 2.43 bits per heavy atom. The molecular formula is C11H14N4O7S. The quantitative estimate of drug-likeness (QED) is 0.163. The van der Waals surface area contributed by atoms with Gasteiger partial charge >= 0.3 is 0 Å². The molecule has 1 aromatic carbocycles. The summed E-state index contributed by atoms with van der Waals surface area (Å²) in [5.41, 5.74) is -1.27. The predicted octanol–water partition coefficient (Wildman–Crippen LogP) is -0.0441. The van der Waals surface area contributed by atoms with E-state index in [0.717, 1.165) is 12.1 Å². The molecule has 0 radical (unpaired) electrons. The van der Waals surface area contributed by atoms with Crippen molar-refractivity contribution in [1.29, 1.82) is 0 Å². The van der Waals surface area contributed by atoms with E-state index in [4.69, 9.17) is 9.76 Å². The van der Waals surface area contributed by atoms with Crippen molar-refractivity contribution in [3.8, 4) is 0 Å². The SMILES string of the molecule is CNC(=O)C(N=Nc1ccc(S(=O)(=O)O)cc1[NH+]([O-])O)=C(C)O. The molecule has 11 nitrogen and oxygen atoms in total. The molecular weight excluding hydrogens is 332 g/mol. The zero-order valence-corrected chi connectivity index (χ0v) is 12.8. The first-order valence-corrected chi connectivity index (χ1v) is 7.40. The number of hydrogen-bond donors (Lipinski definition) is 5. The molecule has 1 aromatic rings. The number of quaternary nitrogens is 1. The summed E-state index contributed by atoms with van der Waals surface area (Å²) in [4.78, 5) is 10.8. The van der Waals surface area contributed by atoms with Crippen molar-refractivity contribution < 1.29 is 33.3 Å². The number of azo groups is 1. The largest absolute Gasteiger partial charge is 0.595 e. The molecule has 0 bridgehead atoms. The second-order valence-electron chi connectivity index (χ2n) is 4.17. The van der Waals surface area contributed by atoms with Crippen molar-refractivity contribution in [3.63, 3.8) is 0 Å². The van der Waals surface area contributed by atoms with Crippen molar-refractivity contribution in [1.82, 2.24) is 5.32 Å². The number of carbonyl (C=O) groups is 1. The highest BCUT2D eigenvalue weighted by Crippen LogP contribution is 2.26. The molecule has 1 unspecified atom stereocenters. The number of allylic oxidation sites excluding steroid dienone is 1. The lowest BCUT2D eigenvalue weighted by Crippen LogP contribution is -2.99. The summed E-state index contributed by atoms with van der Waals surface area (Å²) in [6.07, 6.45) is 0. The van der Waals surface area contributed by atoms with E-state index in [9.17, 15) is 23.5 Å². The van der Waals surface area contributed by atoms with Crippen LogP contribution >= 0.6 is 0 Å². The lowest BCUT2D eigenvalue weighted by Gasteiger charge is -2.13. The van der Waals surface area contributed by atoms with Gasteiger partial charge < -0.3 is 15.6 Å². The lowest BCUT2D eigenvalue weighted by atomic mass is 10.3.